The van der Waals surface area contributed by atoms with E-state index in [-0.39, 0.29) is 0 Å². The lowest BCUT2D eigenvalue weighted by Gasteiger charge is -2.09. The van der Waals surface area contributed by atoms with Crippen LogP contribution in [0, 0.1) is 0 Å². The highest BCUT2D eigenvalue weighted by Gasteiger charge is 2.10. The number of ether oxygens (including phenoxy) is 1. The predicted octanol–water partition coefficient (Wildman–Crippen LogP) is 7.05. The molecule has 0 atom stereocenters. The lowest BCUT2D eigenvalue weighted by Crippen LogP contribution is -1.93. The number of hydrogen-bond donors (Lipinski definition) is 0. The van der Waals surface area contributed by atoms with Crippen molar-refractivity contribution in [3.8, 4) is 39.7 Å². The molecule has 0 N–H and O–H groups in total. The van der Waals surface area contributed by atoms with Gasteiger partial charge in [-0.05, 0) is 70.8 Å². The van der Waals surface area contributed by atoms with E-state index >= 15 is 0 Å². The second-order valence-electron chi connectivity index (χ2n) is 7.78. The van der Waals surface area contributed by atoms with Gasteiger partial charge in [-0.25, -0.2) is 4.98 Å². The van der Waals surface area contributed by atoms with Crippen LogP contribution in [0.25, 0.3) is 46.1 Å². The summed E-state index contributed by atoms with van der Waals surface area (Å²) in [4.78, 5) is 13.8. The van der Waals surface area contributed by atoms with Crippen molar-refractivity contribution in [2.45, 2.75) is 0 Å². The number of hydrogen-bond acceptors (Lipinski definition) is 4. The minimum absolute atomic E-state index is 0.822. The van der Waals surface area contributed by atoms with Crippen molar-refractivity contribution < 1.29 is 4.74 Å². The van der Waals surface area contributed by atoms with Crippen molar-refractivity contribution in [3.63, 3.8) is 0 Å². The average molecular weight is 442 g/mol. The zero-order valence-corrected chi connectivity index (χ0v) is 18.8. The number of aromatic nitrogens is 3. The normalized spacial score (nSPS) is 11.0. The van der Waals surface area contributed by atoms with Gasteiger partial charge in [0.2, 0.25) is 0 Å². The van der Waals surface area contributed by atoms with Gasteiger partial charge in [0.1, 0.15) is 5.75 Å². The molecule has 0 aliphatic heterocycles. The van der Waals surface area contributed by atoms with E-state index in [1.807, 2.05) is 60.7 Å². The van der Waals surface area contributed by atoms with Crippen LogP contribution in [0.15, 0.2) is 109 Å². The van der Waals surface area contributed by atoms with Crippen LogP contribution < -0.4 is 4.74 Å². The molecule has 4 heteroatoms. The van der Waals surface area contributed by atoms with Crippen LogP contribution in [0.5, 0.6) is 5.75 Å². The molecule has 0 unspecified atom stereocenters. The summed E-state index contributed by atoms with van der Waals surface area (Å²) in [5.74, 6) is 0.856. The Morgan fingerprint density at radius 2 is 1.09 bits per heavy atom. The van der Waals surface area contributed by atoms with Gasteiger partial charge in [-0.3, -0.25) is 9.97 Å². The monoisotopic (exact) mass is 441 g/mol. The van der Waals surface area contributed by atoms with E-state index in [1.165, 1.54) is 0 Å². The molecule has 164 valence electrons. The molecule has 2 aromatic carbocycles. The van der Waals surface area contributed by atoms with Crippen molar-refractivity contribution in [1.82, 2.24) is 15.0 Å². The second kappa shape index (κ2) is 9.92. The van der Waals surface area contributed by atoms with Crippen LogP contribution in [-0.2, 0) is 0 Å². The highest BCUT2D eigenvalue weighted by Crippen LogP contribution is 2.29. The maximum Gasteiger partial charge on any atom is 0.118 e. The quantitative estimate of drug-likeness (QED) is 0.265. The Hall–Kier alpha value is -4.57. The Balaban J connectivity index is 1.47. The summed E-state index contributed by atoms with van der Waals surface area (Å²) in [6.45, 7) is 0. The molecule has 4 nitrogen and oxygen atoms in total. The summed E-state index contributed by atoms with van der Waals surface area (Å²) >= 11 is 0. The molecule has 0 radical (unpaired) electrons. The Morgan fingerprint density at radius 1 is 0.559 bits per heavy atom. The maximum atomic E-state index is 5.22. The third-order valence-corrected chi connectivity index (χ3v) is 5.51. The zero-order valence-electron chi connectivity index (χ0n) is 18.8. The van der Waals surface area contributed by atoms with E-state index in [0.717, 1.165) is 50.8 Å². The van der Waals surface area contributed by atoms with Gasteiger partial charge in [-0.2, -0.15) is 0 Å². The Kier molecular flexibility index (Phi) is 6.21. The van der Waals surface area contributed by atoms with Crippen molar-refractivity contribution in [1.29, 1.82) is 0 Å². The van der Waals surface area contributed by atoms with Crippen molar-refractivity contribution >= 4 is 12.2 Å². The van der Waals surface area contributed by atoms with Gasteiger partial charge in [-0.15, -0.1) is 0 Å². The topological polar surface area (TPSA) is 47.9 Å². The second-order valence-corrected chi connectivity index (χ2v) is 7.78. The molecule has 0 saturated carbocycles. The fourth-order valence-corrected chi connectivity index (χ4v) is 3.68. The van der Waals surface area contributed by atoms with Gasteiger partial charge in [0.05, 0.1) is 29.9 Å². The van der Waals surface area contributed by atoms with E-state index < -0.39 is 0 Å². The largest absolute Gasteiger partial charge is 0.497 e. The highest BCUT2D eigenvalue weighted by molar-refractivity contribution is 5.76. The summed E-state index contributed by atoms with van der Waals surface area (Å²) in [5.41, 5.74) is 7.74. The molecule has 3 heterocycles. The van der Waals surface area contributed by atoms with Crippen molar-refractivity contribution in [2.75, 3.05) is 7.11 Å². The minimum Gasteiger partial charge on any atom is -0.497 e. The standard InChI is InChI=1S/C30H23N3O/c1-34-26-16-12-23(13-17-26)9-8-22-10-14-24(15-11-22)25-20-29(27-6-2-4-18-31-27)33-30(21-25)28-7-3-5-19-32-28/h2-21H,1H3/b9-8+. The summed E-state index contributed by atoms with van der Waals surface area (Å²) in [6.07, 6.45) is 7.78. The third-order valence-electron chi connectivity index (χ3n) is 5.51. The van der Waals surface area contributed by atoms with Crippen molar-refractivity contribution in [3.05, 3.63) is 121 Å². The number of methoxy groups -OCH3 is 1. The van der Waals surface area contributed by atoms with Gasteiger partial charge in [-0.1, -0.05) is 60.7 Å². The first-order chi connectivity index (χ1) is 16.8. The molecular weight excluding hydrogens is 418 g/mol. The Bertz CT molecular complexity index is 1340. The lowest BCUT2D eigenvalue weighted by molar-refractivity contribution is 0.415. The fraction of sp³-hybridized carbons (Fsp3) is 0.0333. The van der Waals surface area contributed by atoms with Crippen LogP contribution in [0.4, 0.5) is 0 Å². The van der Waals surface area contributed by atoms with Gasteiger partial charge in [0, 0.05) is 12.4 Å². The third kappa shape index (κ3) is 4.92. The van der Waals surface area contributed by atoms with Crippen LogP contribution in [0.3, 0.4) is 0 Å². The smallest absolute Gasteiger partial charge is 0.118 e. The summed E-state index contributed by atoms with van der Waals surface area (Å²) in [6, 6.07) is 32.4. The Labute approximate surface area is 199 Å². The first-order valence-corrected chi connectivity index (χ1v) is 11.1. The van der Waals surface area contributed by atoms with E-state index in [0.29, 0.717) is 0 Å². The molecule has 0 aliphatic rings. The first kappa shape index (κ1) is 21.3. The first-order valence-electron chi connectivity index (χ1n) is 11.1. The van der Waals surface area contributed by atoms with Crippen LogP contribution in [0.2, 0.25) is 0 Å². The molecule has 5 aromatic rings. The van der Waals surface area contributed by atoms with Crippen molar-refractivity contribution in [2.24, 2.45) is 0 Å². The fourth-order valence-electron chi connectivity index (χ4n) is 3.68. The van der Waals surface area contributed by atoms with E-state index in [9.17, 15) is 0 Å². The lowest BCUT2D eigenvalue weighted by atomic mass is 10.0. The molecule has 0 amide bonds. The molecule has 34 heavy (non-hydrogen) atoms. The minimum atomic E-state index is 0.822. The van der Waals surface area contributed by atoms with Gasteiger partial charge < -0.3 is 4.74 Å². The van der Waals surface area contributed by atoms with Gasteiger partial charge >= 0.3 is 0 Å². The van der Waals surface area contributed by atoms with E-state index in [1.54, 1.807) is 19.5 Å². The summed E-state index contributed by atoms with van der Waals surface area (Å²) in [7, 11) is 1.67. The SMILES string of the molecule is COc1ccc(/C=C/c2ccc(-c3cc(-c4ccccn4)nc(-c4ccccn4)c3)cc2)cc1. The van der Waals surface area contributed by atoms with Crippen LogP contribution in [-0.4, -0.2) is 22.1 Å². The van der Waals surface area contributed by atoms with Crippen LogP contribution in [0.1, 0.15) is 11.1 Å². The van der Waals surface area contributed by atoms with E-state index in [2.05, 4.69) is 58.5 Å². The number of pyridine rings is 3. The zero-order chi connectivity index (χ0) is 23.2. The molecule has 0 aliphatic carbocycles. The molecule has 0 saturated heterocycles. The molecular formula is C30H23N3O. The average Bonchev–Trinajstić information content (AvgIpc) is 2.93. The predicted molar refractivity (Wildman–Crippen MR) is 138 cm³/mol. The molecule has 5 rings (SSSR count). The number of benzene rings is 2. The number of nitrogens with zero attached hydrogens (tertiary/aromatic N) is 3. The molecule has 0 spiro atoms. The van der Waals surface area contributed by atoms with Gasteiger partial charge in [0.25, 0.3) is 0 Å². The Morgan fingerprint density at radius 3 is 1.56 bits per heavy atom. The maximum absolute atomic E-state index is 5.22. The number of rotatable bonds is 6. The summed E-state index contributed by atoms with van der Waals surface area (Å²) < 4.78 is 5.22. The molecule has 3 aromatic heterocycles. The van der Waals surface area contributed by atoms with Gasteiger partial charge in [0.15, 0.2) is 0 Å². The molecule has 0 fully saturated rings. The van der Waals surface area contributed by atoms with E-state index in [4.69, 9.17) is 9.72 Å². The van der Waals surface area contributed by atoms with Crippen LogP contribution >= 0.6 is 0 Å². The molecule has 0 bridgehead atoms. The summed E-state index contributed by atoms with van der Waals surface area (Å²) in [5, 5.41) is 0. The highest BCUT2D eigenvalue weighted by atomic mass is 16.5.